The Morgan fingerprint density at radius 3 is 2.94 bits per heavy atom. The Morgan fingerprint density at radius 1 is 1.47 bits per heavy atom. The number of Topliss-reactive ketones (excluding diaryl/α,β-unsaturated/α-hetero) is 1. The molecule has 1 N–H and O–H groups in total. The van der Waals surface area contributed by atoms with Crippen LogP contribution < -0.4 is 0 Å². The summed E-state index contributed by atoms with van der Waals surface area (Å²) in [6.45, 7) is 0.922. The lowest BCUT2D eigenvalue weighted by molar-refractivity contribution is -0.144. The number of aliphatic carboxylic acids is 1. The molecule has 2 rings (SSSR count). The molecule has 0 unspecified atom stereocenters. The van der Waals surface area contributed by atoms with Crippen LogP contribution in [0.25, 0.3) is 0 Å². The van der Waals surface area contributed by atoms with Gasteiger partial charge in [0.1, 0.15) is 6.04 Å². The summed E-state index contributed by atoms with van der Waals surface area (Å²) in [5, 5.41) is 11.0. The van der Waals surface area contributed by atoms with E-state index in [1.807, 2.05) is 11.4 Å². The fourth-order valence-electron chi connectivity index (χ4n) is 2.16. The lowest BCUT2D eigenvalue weighted by Crippen LogP contribution is -2.46. The maximum absolute atomic E-state index is 11.9. The van der Waals surface area contributed by atoms with Crippen molar-refractivity contribution in [3.63, 3.8) is 0 Å². The minimum absolute atomic E-state index is 0.0214. The molecule has 2 heterocycles. The first-order valence-electron chi connectivity index (χ1n) is 5.72. The zero-order valence-corrected chi connectivity index (χ0v) is 10.3. The van der Waals surface area contributed by atoms with Crippen LogP contribution in [0, 0.1) is 0 Å². The van der Waals surface area contributed by atoms with Crippen LogP contribution in [-0.4, -0.2) is 40.9 Å². The molecular formula is C12H15NO3S. The summed E-state index contributed by atoms with van der Waals surface area (Å²) in [5.41, 5.74) is 0. The van der Waals surface area contributed by atoms with E-state index in [2.05, 4.69) is 0 Å². The Balaban J connectivity index is 2.01. The third-order valence-electron chi connectivity index (χ3n) is 3.04. The van der Waals surface area contributed by atoms with E-state index in [0.29, 0.717) is 17.8 Å². The van der Waals surface area contributed by atoms with Gasteiger partial charge in [-0.2, -0.15) is 0 Å². The molecule has 92 valence electrons. The second-order valence-corrected chi connectivity index (χ2v) is 5.17. The van der Waals surface area contributed by atoms with Gasteiger partial charge in [0.05, 0.1) is 11.4 Å². The van der Waals surface area contributed by atoms with Crippen molar-refractivity contribution in [2.24, 2.45) is 0 Å². The van der Waals surface area contributed by atoms with Gasteiger partial charge in [0.15, 0.2) is 5.78 Å². The molecule has 1 aromatic heterocycles. The summed E-state index contributed by atoms with van der Waals surface area (Å²) in [4.78, 5) is 25.5. The number of hydrogen-bond acceptors (Lipinski definition) is 4. The number of carbonyl (C=O) groups is 2. The predicted octanol–water partition coefficient (Wildman–Crippen LogP) is 1.87. The number of nitrogens with zero attached hydrogens (tertiary/aromatic N) is 1. The van der Waals surface area contributed by atoms with E-state index in [-0.39, 0.29) is 12.3 Å². The SMILES string of the molecule is O=C(CN1CCCC[C@H]1C(=O)O)c1cccs1. The maximum Gasteiger partial charge on any atom is 0.320 e. The van der Waals surface area contributed by atoms with Crippen LogP contribution in [0.2, 0.25) is 0 Å². The number of hydrogen-bond donors (Lipinski definition) is 1. The summed E-state index contributed by atoms with van der Waals surface area (Å²) in [5.74, 6) is -0.795. The summed E-state index contributed by atoms with van der Waals surface area (Å²) < 4.78 is 0. The van der Waals surface area contributed by atoms with E-state index in [1.54, 1.807) is 11.0 Å². The zero-order chi connectivity index (χ0) is 12.3. The van der Waals surface area contributed by atoms with Gasteiger partial charge in [-0.25, -0.2) is 0 Å². The molecule has 0 spiro atoms. The van der Waals surface area contributed by atoms with E-state index in [9.17, 15) is 9.59 Å². The highest BCUT2D eigenvalue weighted by molar-refractivity contribution is 7.12. The molecule has 0 bridgehead atoms. The molecule has 1 saturated heterocycles. The third-order valence-corrected chi connectivity index (χ3v) is 3.95. The topological polar surface area (TPSA) is 57.6 Å². The van der Waals surface area contributed by atoms with Crippen molar-refractivity contribution in [2.75, 3.05) is 13.1 Å². The minimum Gasteiger partial charge on any atom is -0.480 e. The lowest BCUT2D eigenvalue weighted by atomic mass is 10.0. The Kier molecular flexibility index (Phi) is 3.91. The summed E-state index contributed by atoms with van der Waals surface area (Å²) in [6, 6.07) is 3.13. The van der Waals surface area contributed by atoms with Crippen LogP contribution in [0.5, 0.6) is 0 Å². The monoisotopic (exact) mass is 253 g/mol. The first kappa shape index (κ1) is 12.3. The van der Waals surface area contributed by atoms with E-state index in [0.717, 1.165) is 12.8 Å². The standard InChI is InChI=1S/C12H15NO3S/c14-10(11-5-3-7-17-11)8-13-6-2-1-4-9(13)12(15)16/h3,5,7,9H,1-2,4,6,8H2,(H,15,16)/t9-/m0/s1. The lowest BCUT2D eigenvalue weighted by Gasteiger charge is -2.31. The van der Waals surface area contributed by atoms with Gasteiger partial charge in [0.25, 0.3) is 0 Å². The molecule has 0 radical (unpaired) electrons. The molecule has 1 aliphatic rings. The molecule has 1 fully saturated rings. The van der Waals surface area contributed by atoms with E-state index in [1.165, 1.54) is 11.3 Å². The molecular weight excluding hydrogens is 238 g/mol. The van der Waals surface area contributed by atoms with Gasteiger partial charge in [-0.3, -0.25) is 14.5 Å². The van der Waals surface area contributed by atoms with Crippen molar-refractivity contribution >= 4 is 23.1 Å². The summed E-state index contributed by atoms with van der Waals surface area (Å²) in [7, 11) is 0. The van der Waals surface area contributed by atoms with Crippen molar-refractivity contribution in [1.82, 2.24) is 4.90 Å². The van der Waals surface area contributed by atoms with Crippen LogP contribution >= 0.6 is 11.3 Å². The molecule has 1 aromatic rings. The molecule has 4 nitrogen and oxygen atoms in total. The fourth-order valence-corrected chi connectivity index (χ4v) is 2.82. The highest BCUT2D eigenvalue weighted by atomic mass is 32.1. The Morgan fingerprint density at radius 2 is 2.29 bits per heavy atom. The number of carboxylic acid groups (broad SMARTS) is 1. The van der Waals surface area contributed by atoms with Crippen molar-refractivity contribution < 1.29 is 14.7 Å². The number of likely N-dealkylation sites (tertiary alicyclic amines) is 1. The van der Waals surface area contributed by atoms with Gasteiger partial charge in [0, 0.05) is 0 Å². The molecule has 1 aliphatic heterocycles. The third kappa shape index (κ3) is 2.92. The smallest absolute Gasteiger partial charge is 0.320 e. The molecule has 0 aromatic carbocycles. The van der Waals surface area contributed by atoms with Gasteiger partial charge in [-0.1, -0.05) is 12.5 Å². The molecule has 5 heteroatoms. The van der Waals surface area contributed by atoms with Crippen molar-refractivity contribution in [2.45, 2.75) is 25.3 Å². The summed E-state index contributed by atoms with van der Waals surface area (Å²) in [6.07, 6.45) is 2.55. The van der Waals surface area contributed by atoms with E-state index >= 15 is 0 Å². The number of carboxylic acids is 1. The van der Waals surface area contributed by atoms with Crippen LogP contribution in [0.15, 0.2) is 17.5 Å². The van der Waals surface area contributed by atoms with Gasteiger partial charge in [-0.15, -0.1) is 11.3 Å². The Hall–Kier alpha value is -1.20. The molecule has 1 atom stereocenters. The van der Waals surface area contributed by atoms with Crippen molar-refractivity contribution in [1.29, 1.82) is 0 Å². The highest BCUT2D eigenvalue weighted by Crippen LogP contribution is 2.18. The average molecular weight is 253 g/mol. The maximum atomic E-state index is 11.9. The molecule has 17 heavy (non-hydrogen) atoms. The van der Waals surface area contributed by atoms with Gasteiger partial charge >= 0.3 is 5.97 Å². The number of carbonyl (C=O) groups excluding carboxylic acids is 1. The normalized spacial score (nSPS) is 21.3. The first-order valence-corrected chi connectivity index (χ1v) is 6.60. The predicted molar refractivity (Wildman–Crippen MR) is 65.5 cm³/mol. The number of rotatable bonds is 4. The number of thiophene rings is 1. The molecule has 0 saturated carbocycles. The second-order valence-electron chi connectivity index (χ2n) is 4.22. The van der Waals surface area contributed by atoms with Crippen LogP contribution in [-0.2, 0) is 4.79 Å². The fraction of sp³-hybridized carbons (Fsp3) is 0.500. The number of ketones is 1. The van der Waals surface area contributed by atoms with E-state index < -0.39 is 12.0 Å². The minimum atomic E-state index is -0.816. The highest BCUT2D eigenvalue weighted by Gasteiger charge is 2.29. The quantitative estimate of drug-likeness (QED) is 0.832. The Labute approximate surface area is 104 Å². The van der Waals surface area contributed by atoms with Crippen LogP contribution in [0.1, 0.15) is 28.9 Å². The molecule has 0 amide bonds. The van der Waals surface area contributed by atoms with Crippen molar-refractivity contribution in [3.8, 4) is 0 Å². The molecule has 0 aliphatic carbocycles. The first-order chi connectivity index (χ1) is 8.18. The van der Waals surface area contributed by atoms with Gasteiger partial charge < -0.3 is 5.11 Å². The van der Waals surface area contributed by atoms with Gasteiger partial charge in [0.2, 0.25) is 0 Å². The Bertz CT molecular complexity index is 402. The van der Waals surface area contributed by atoms with Crippen LogP contribution in [0.3, 0.4) is 0 Å². The van der Waals surface area contributed by atoms with E-state index in [4.69, 9.17) is 5.11 Å². The largest absolute Gasteiger partial charge is 0.480 e. The number of piperidine rings is 1. The zero-order valence-electron chi connectivity index (χ0n) is 9.46. The van der Waals surface area contributed by atoms with Gasteiger partial charge in [-0.05, 0) is 30.8 Å². The average Bonchev–Trinajstić information content (AvgIpc) is 2.83. The van der Waals surface area contributed by atoms with Crippen LogP contribution in [0.4, 0.5) is 0 Å². The summed E-state index contributed by atoms with van der Waals surface area (Å²) >= 11 is 1.41. The van der Waals surface area contributed by atoms with Crippen molar-refractivity contribution in [3.05, 3.63) is 22.4 Å². The second kappa shape index (κ2) is 5.42.